The topological polar surface area (TPSA) is 18.5 Å². The minimum absolute atomic E-state index is 0.387. The molecule has 1 unspecified atom stereocenters. The highest BCUT2D eigenvalue weighted by Crippen LogP contribution is 2.27. The van der Waals surface area contributed by atoms with E-state index < -0.39 is 0 Å². The highest BCUT2D eigenvalue weighted by atomic mass is 15.2. The van der Waals surface area contributed by atoms with Crippen molar-refractivity contribution in [3.8, 4) is 0 Å². The molecule has 1 N–H and O–H groups in total. The predicted molar refractivity (Wildman–Crippen MR) is 78.0 cm³/mol. The molecule has 0 saturated carbocycles. The fraction of sp³-hybridized carbons (Fsp3) is 1.00. The van der Waals surface area contributed by atoms with E-state index in [1.54, 1.807) is 0 Å². The standard InChI is InChI=1S/C15H31N3/c1-15(2,18-11-8-16-9-12-18)7-6-14-5-4-10-17(3)13-14/h14,16H,4-13H2,1-3H3. The van der Waals surface area contributed by atoms with Crippen molar-refractivity contribution in [2.45, 2.75) is 45.1 Å². The van der Waals surface area contributed by atoms with Crippen molar-refractivity contribution in [1.82, 2.24) is 15.1 Å². The molecular weight excluding hydrogens is 222 g/mol. The Morgan fingerprint density at radius 3 is 2.56 bits per heavy atom. The first-order chi connectivity index (χ1) is 8.58. The predicted octanol–water partition coefficient (Wildman–Crippen LogP) is 1.79. The van der Waals surface area contributed by atoms with Gasteiger partial charge >= 0.3 is 0 Å². The Morgan fingerprint density at radius 1 is 1.17 bits per heavy atom. The number of hydrogen-bond acceptors (Lipinski definition) is 3. The summed E-state index contributed by atoms with van der Waals surface area (Å²) in [7, 11) is 2.27. The molecule has 1 atom stereocenters. The molecule has 2 aliphatic heterocycles. The third-order valence-electron chi connectivity index (χ3n) is 4.86. The van der Waals surface area contributed by atoms with Crippen LogP contribution < -0.4 is 5.32 Å². The number of piperidine rings is 1. The second-order valence-corrected chi connectivity index (χ2v) is 6.86. The second kappa shape index (κ2) is 6.36. The van der Waals surface area contributed by atoms with Gasteiger partial charge < -0.3 is 10.2 Å². The molecule has 3 heteroatoms. The average Bonchev–Trinajstić information content (AvgIpc) is 2.38. The zero-order chi connectivity index (χ0) is 13.0. The highest BCUT2D eigenvalue weighted by molar-refractivity contribution is 4.86. The first-order valence-corrected chi connectivity index (χ1v) is 7.72. The van der Waals surface area contributed by atoms with Gasteiger partial charge in [-0.1, -0.05) is 0 Å². The third kappa shape index (κ3) is 3.94. The van der Waals surface area contributed by atoms with Crippen molar-refractivity contribution in [2.24, 2.45) is 5.92 Å². The van der Waals surface area contributed by atoms with E-state index in [9.17, 15) is 0 Å². The highest BCUT2D eigenvalue weighted by Gasteiger charge is 2.29. The van der Waals surface area contributed by atoms with Gasteiger partial charge in [-0.05, 0) is 59.0 Å². The molecule has 0 bridgehead atoms. The zero-order valence-electron chi connectivity index (χ0n) is 12.5. The van der Waals surface area contributed by atoms with Gasteiger partial charge in [-0.2, -0.15) is 0 Å². The lowest BCUT2D eigenvalue weighted by Gasteiger charge is -2.42. The van der Waals surface area contributed by atoms with Crippen LogP contribution in [-0.2, 0) is 0 Å². The molecule has 0 aliphatic carbocycles. The number of likely N-dealkylation sites (tertiary alicyclic amines) is 1. The Balaban J connectivity index is 1.76. The molecule has 0 amide bonds. The molecule has 2 fully saturated rings. The van der Waals surface area contributed by atoms with E-state index in [0.717, 1.165) is 19.0 Å². The SMILES string of the molecule is CN1CCCC(CCC(C)(C)N2CCNCC2)C1. The van der Waals surface area contributed by atoms with E-state index in [2.05, 4.69) is 36.0 Å². The summed E-state index contributed by atoms with van der Waals surface area (Å²) in [6, 6.07) is 0. The van der Waals surface area contributed by atoms with Crippen LogP contribution in [0.15, 0.2) is 0 Å². The van der Waals surface area contributed by atoms with Crippen molar-refractivity contribution in [3.05, 3.63) is 0 Å². The molecule has 0 aromatic rings. The zero-order valence-corrected chi connectivity index (χ0v) is 12.5. The van der Waals surface area contributed by atoms with Crippen LogP contribution in [-0.4, -0.2) is 61.7 Å². The van der Waals surface area contributed by atoms with Crippen LogP contribution in [0, 0.1) is 5.92 Å². The van der Waals surface area contributed by atoms with Gasteiger partial charge in [0.2, 0.25) is 0 Å². The Labute approximate surface area is 113 Å². The number of nitrogens with one attached hydrogen (secondary N) is 1. The summed E-state index contributed by atoms with van der Waals surface area (Å²) in [4.78, 5) is 5.18. The van der Waals surface area contributed by atoms with Gasteiger partial charge in [-0.25, -0.2) is 0 Å². The van der Waals surface area contributed by atoms with Crippen LogP contribution >= 0.6 is 0 Å². The molecule has 0 aromatic heterocycles. The van der Waals surface area contributed by atoms with E-state index in [0.29, 0.717) is 5.54 Å². The van der Waals surface area contributed by atoms with Crippen LogP contribution in [0.2, 0.25) is 0 Å². The first-order valence-electron chi connectivity index (χ1n) is 7.72. The minimum Gasteiger partial charge on any atom is -0.314 e. The molecule has 2 aliphatic rings. The average molecular weight is 253 g/mol. The summed E-state index contributed by atoms with van der Waals surface area (Å²) in [5, 5.41) is 3.45. The van der Waals surface area contributed by atoms with Crippen molar-refractivity contribution in [1.29, 1.82) is 0 Å². The molecule has 106 valence electrons. The van der Waals surface area contributed by atoms with Gasteiger partial charge in [0.05, 0.1) is 0 Å². The van der Waals surface area contributed by atoms with Crippen LogP contribution in [0.3, 0.4) is 0 Å². The largest absolute Gasteiger partial charge is 0.314 e. The lowest BCUT2D eigenvalue weighted by atomic mass is 9.86. The van der Waals surface area contributed by atoms with Gasteiger partial charge in [-0.3, -0.25) is 4.90 Å². The van der Waals surface area contributed by atoms with Crippen molar-refractivity contribution in [3.63, 3.8) is 0 Å². The number of hydrogen-bond donors (Lipinski definition) is 1. The minimum atomic E-state index is 0.387. The number of nitrogens with zero attached hydrogens (tertiary/aromatic N) is 2. The van der Waals surface area contributed by atoms with E-state index in [4.69, 9.17) is 0 Å². The Kier molecular flexibility index (Phi) is 5.05. The molecule has 0 aromatic carbocycles. The molecule has 2 rings (SSSR count). The van der Waals surface area contributed by atoms with E-state index in [1.807, 2.05) is 0 Å². The second-order valence-electron chi connectivity index (χ2n) is 6.86. The fourth-order valence-electron chi connectivity index (χ4n) is 3.49. The maximum atomic E-state index is 3.45. The molecular formula is C15H31N3. The fourth-order valence-corrected chi connectivity index (χ4v) is 3.49. The Morgan fingerprint density at radius 2 is 1.89 bits per heavy atom. The van der Waals surface area contributed by atoms with Crippen LogP contribution in [0.25, 0.3) is 0 Å². The molecule has 18 heavy (non-hydrogen) atoms. The van der Waals surface area contributed by atoms with Crippen molar-refractivity contribution >= 4 is 0 Å². The molecule has 0 spiro atoms. The quantitative estimate of drug-likeness (QED) is 0.824. The molecule has 0 radical (unpaired) electrons. The lowest BCUT2D eigenvalue weighted by Crippen LogP contribution is -2.53. The van der Waals surface area contributed by atoms with Crippen LogP contribution in [0.1, 0.15) is 39.5 Å². The van der Waals surface area contributed by atoms with E-state index >= 15 is 0 Å². The van der Waals surface area contributed by atoms with E-state index in [-0.39, 0.29) is 0 Å². The first kappa shape index (κ1) is 14.3. The number of piperazine rings is 1. The van der Waals surface area contributed by atoms with E-state index in [1.165, 1.54) is 51.9 Å². The van der Waals surface area contributed by atoms with Crippen LogP contribution in [0.5, 0.6) is 0 Å². The molecule has 2 saturated heterocycles. The third-order valence-corrected chi connectivity index (χ3v) is 4.86. The van der Waals surface area contributed by atoms with Crippen LogP contribution in [0.4, 0.5) is 0 Å². The van der Waals surface area contributed by atoms with Crippen molar-refractivity contribution in [2.75, 3.05) is 46.3 Å². The number of rotatable bonds is 4. The van der Waals surface area contributed by atoms with Gasteiger partial charge in [0.1, 0.15) is 0 Å². The summed E-state index contributed by atoms with van der Waals surface area (Å²) < 4.78 is 0. The summed E-state index contributed by atoms with van der Waals surface area (Å²) >= 11 is 0. The van der Waals surface area contributed by atoms with Gasteiger partial charge in [0.25, 0.3) is 0 Å². The summed E-state index contributed by atoms with van der Waals surface area (Å²) in [6.45, 7) is 12.3. The van der Waals surface area contributed by atoms with Gasteiger partial charge in [-0.15, -0.1) is 0 Å². The maximum Gasteiger partial charge on any atom is 0.0154 e. The summed E-state index contributed by atoms with van der Waals surface area (Å²) in [5.74, 6) is 0.936. The van der Waals surface area contributed by atoms with Crippen molar-refractivity contribution < 1.29 is 0 Å². The lowest BCUT2D eigenvalue weighted by molar-refractivity contribution is 0.0829. The van der Waals surface area contributed by atoms with Gasteiger partial charge in [0.15, 0.2) is 0 Å². The molecule has 3 nitrogen and oxygen atoms in total. The summed E-state index contributed by atoms with van der Waals surface area (Å²) in [6.07, 6.45) is 5.60. The monoisotopic (exact) mass is 253 g/mol. The maximum absolute atomic E-state index is 3.45. The Hall–Kier alpha value is -0.120. The van der Waals surface area contributed by atoms with Gasteiger partial charge in [0, 0.05) is 38.3 Å². The summed E-state index contributed by atoms with van der Waals surface area (Å²) in [5.41, 5.74) is 0.387. The Bertz CT molecular complexity index is 246. The smallest absolute Gasteiger partial charge is 0.0154 e. The molecule has 2 heterocycles. The normalized spacial score (nSPS) is 28.5.